The van der Waals surface area contributed by atoms with Crippen LogP contribution in [-0.4, -0.2) is 45.5 Å². The largest absolute Gasteiger partial charge is 0.494 e. The number of amides is 1. The van der Waals surface area contributed by atoms with Gasteiger partial charge in [0, 0.05) is 36.6 Å². The smallest absolute Gasteiger partial charge is 0.254 e. The average molecular weight is 377 g/mol. The molecule has 2 aromatic heterocycles. The predicted molar refractivity (Wildman–Crippen MR) is 105 cm³/mol. The molecule has 4 rings (SSSR count). The minimum Gasteiger partial charge on any atom is -0.494 e. The lowest BCUT2D eigenvalue weighted by atomic mass is 9.96. The lowest BCUT2D eigenvalue weighted by molar-refractivity contribution is 0.0690. The molecule has 0 unspecified atom stereocenters. The summed E-state index contributed by atoms with van der Waals surface area (Å²) in [7, 11) is 0. The van der Waals surface area contributed by atoms with Crippen molar-refractivity contribution in [3.8, 4) is 5.75 Å². The van der Waals surface area contributed by atoms with Crippen molar-refractivity contribution < 1.29 is 9.53 Å². The molecule has 1 aromatic carbocycles. The molecule has 0 radical (unpaired) electrons. The molecule has 0 bridgehead atoms. The number of aromatic amines is 1. The summed E-state index contributed by atoms with van der Waals surface area (Å²) in [6, 6.07) is 10.9. The fourth-order valence-corrected chi connectivity index (χ4v) is 3.50. The van der Waals surface area contributed by atoms with Crippen LogP contribution in [0.5, 0.6) is 5.75 Å². The highest BCUT2D eigenvalue weighted by Crippen LogP contribution is 2.34. The van der Waals surface area contributed by atoms with Gasteiger partial charge in [-0.25, -0.2) is 4.98 Å². The number of nitrogens with one attached hydrogen (secondary N) is 1. The van der Waals surface area contributed by atoms with Crippen molar-refractivity contribution in [2.75, 3.05) is 19.7 Å². The first-order chi connectivity index (χ1) is 13.8. The van der Waals surface area contributed by atoms with Gasteiger partial charge in [0.2, 0.25) is 0 Å². The van der Waals surface area contributed by atoms with Crippen molar-refractivity contribution in [1.82, 2.24) is 19.9 Å². The lowest BCUT2D eigenvalue weighted by Crippen LogP contribution is -2.40. The zero-order chi connectivity index (χ0) is 19.3. The van der Waals surface area contributed by atoms with Crippen molar-refractivity contribution in [2.24, 2.45) is 5.73 Å². The second kappa shape index (κ2) is 8.22. The first kappa shape index (κ1) is 18.2. The number of nitrogens with zero attached hydrogens (tertiary/aromatic N) is 3. The lowest BCUT2D eigenvalue weighted by Gasteiger charge is -2.35. The average Bonchev–Trinajstić information content (AvgIpc) is 3.23. The molecule has 0 spiro atoms. The van der Waals surface area contributed by atoms with Gasteiger partial charge in [0.1, 0.15) is 11.8 Å². The number of benzene rings is 1. The zero-order valence-electron chi connectivity index (χ0n) is 15.5. The van der Waals surface area contributed by atoms with E-state index in [0.29, 0.717) is 25.3 Å². The molecule has 3 heterocycles. The van der Waals surface area contributed by atoms with Gasteiger partial charge in [0.05, 0.1) is 18.6 Å². The van der Waals surface area contributed by atoms with Crippen LogP contribution in [-0.2, 0) is 6.42 Å². The SMILES string of the molecule is NCCCOc1ccc(C(=O)N2CCc3[nH]cnc3[C@H]2c2cccnc2)cc1. The Balaban J connectivity index is 1.59. The van der Waals surface area contributed by atoms with Crippen LogP contribution in [0.15, 0.2) is 55.1 Å². The van der Waals surface area contributed by atoms with Crippen LogP contribution in [0.3, 0.4) is 0 Å². The molecule has 7 heteroatoms. The van der Waals surface area contributed by atoms with E-state index in [1.54, 1.807) is 30.9 Å². The first-order valence-electron chi connectivity index (χ1n) is 9.44. The summed E-state index contributed by atoms with van der Waals surface area (Å²) < 4.78 is 5.63. The number of aromatic nitrogens is 3. The molecule has 1 aliphatic heterocycles. The van der Waals surface area contributed by atoms with Crippen LogP contribution in [0.25, 0.3) is 0 Å². The van der Waals surface area contributed by atoms with Gasteiger partial charge in [0.25, 0.3) is 5.91 Å². The molecule has 1 aliphatic rings. The first-order valence-corrected chi connectivity index (χ1v) is 9.44. The Morgan fingerprint density at radius 3 is 2.89 bits per heavy atom. The van der Waals surface area contributed by atoms with E-state index in [2.05, 4.69) is 15.0 Å². The summed E-state index contributed by atoms with van der Waals surface area (Å²) in [5.74, 6) is 0.707. The highest BCUT2D eigenvalue weighted by atomic mass is 16.5. The highest BCUT2D eigenvalue weighted by Gasteiger charge is 2.34. The number of imidazole rings is 1. The summed E-state index contributed by atoms with van der Waals surface area (Å²) in [5, 5.41) is 0. The Bertz CT molecular complexity index is 923. The number of hydrogen-bond donors (Lipinski definition) is 2. The summed E-state index contributed by atoms with van der Waals surface area (Å²) in [5.41, 5.74) is 9.01. The van der Waals surface area contributed by atoms with Gasteiger partial charge in [0.15, 0.2) is 0 Å². The number of carbonyl (C=O) groups is 1. The third-order valence-corrected chi connectivity index (χ3v) is 4.90. The number of rotatable bonds is 6. The Labute approximate surface area is 163 Å². The molecule has 3 N–H and O–H groups in total. The van der Waals surface area contributed by atoms with Crippen LogP contribution in [0.1, 0.15) is 39.8 Å². The molecule has 3 aromatic rings. The van der Waals surface area contributed by atoms with Crippen molar-refractivity contribution in [3.05, 3.63) is 77.6 Å². The third-order valence-electron chi connectivity index (χ3n) is 4.90. The van der Waals surface area contributed by atoms with E-state index in [9.17, 15) is 4.79 Å². The Morgan fingerprint density at radius 2 is 2.14 bits per heavy atom. The van der Waals surface area contributed by atoms with E-state index >= 15 is 0 Å². The maximum absolute atomic E-state index is 13.3. The standard InChI is InChI=1S/C21H23N5O2/c22-9-2-12-28-17-6-4-15(5-7-17)21(27)26-11-8-18-19(25-14-24-18)20(26)16-3-1-10-23-13-16/h1,3-7,10,13-14,20H,2,8-9,11-12,22H2,(H,24,25)/t20-/m1/s1. The Hall–Kier alpha value is -3.19. The fraction of sp³-hybridized carbons (Fsp3) is 0.286. The molecule has 0 saturated heterocycles. The summed E-state index contributed by atoms with van der Waals surface area (Å²) in [6.45, 7) is 1.78. The second-order valence-corrected chi connectivity index (χ2v) is 6.72. The van der Waals surface area contributed by atoms with Crippen molar-refractivity contribution in [1.29, 1.82) is 0 Å². The van der Waals surface area contributed by atoms with E-state index in [1.165, 1.54) is 0 Å². The van der Waals surface area contributed by atoms with Gasteiger partial charge < -0.3 is 20.4 Å². The minimum absolute atomic E-state index is 0.0315. The molecule has 28 heavy (non-hydrogen) atoms. The van der Waals surface area contributed by atoms with Crippen molar-refractivity contribution in [2.45, 2.75) is 18.9 Å². The van der Waals surface area contributed by atoms with E-state index in [-0.39, 0.29) is 11.9 Å². The number of nitrogens with two attached hydrogens (primary N) is 1. The zero-order valence-corrected chi connectivity index (χ0v) is 15.5. The van der Waals surface area contributed by atoms with Crippen LogP contribution in [0.2, 0.25) is 0 Å². The van der Waals surface area contributed by atoms with Crippen LogP contribution in [0, 0.1) is 0 Å². The van der Waals surface area contributed by atoms with Crippen LogP contribution >= 0.6 is 0 Å². The number of fused-ring (bicyclic) bond motifs is 1. The fourth-order valence-electron chi connectivity index (χ4n) is 3.50. The number of pyridine rings is 1. The summed E-state index contributed by atoms with van der Waals surface area (Å²) in [4.78, 5) is 27.1. The normalized spacial score (nSPS) is 15.9. The maximum atomic E-state index is 13.3. The van der Waals surface area contributed by atoms with Gasteiger partial charge in [-0.1, -0.05) is 6.07 Å². The molecule has 1 atom stereocenters. The number of hydrogen-bond acceptors (Lipinski definition) is 5. The predicted octanol–water partition coefficient (Wildman–Crippen LogP) is 2.32. The Morgan fingerprint density at radius 1 is 1.29 bits per heavy atom. The molecular formula is C21H23N5O2. The number of carbonyl (C=O) groups excluding carboxylic acids is 1. The number of ether oxygens (including phenoxy) is 1. The molecule has 0 saturated carbocycles. The quantitative estimate of drug-likeness (QED) is 0.643. The van der Waals surface area contributed by atoms with E-state index in [1.807, 2.05) is 29.2 Å². The van der Waals surface area contributed by atoms with Gasteiger partial charge in [-0.05, 0) is 48.9 Å². The third kappa shape index (κ3) is 3.61. The minimum atomic E-state index is -0.253. The molecular weight excluding hydrogens is 354 g/mol. The van der Waals surface area contributed by atoms with Crippen molar-refractivity contribution in [3.63, 3.8) is 0 Å². The number of H-pyrrole nitrogens is 1. The molecule has 144 valence electrons. The van der Waals surface area contributed by atoms with E-state index in [4.69, 9.17) is 10.5 Å². The monoisotopic (exact) mass is 377 g/mol. The summed E-state index contributed by atoms with van der Waals surface area (Å²) >= 11 is 0. The molecule has 1 amide bonds. The molecule has 7 nitrogen and oxygen atoms in total. The second-order valence-electron chi connectivity index (χ2n) is 6.72. The Kier molecular flexibility index (Phi) is 5.34. The van der Waals surface area contributed by atoms with Crippen LogP contribution in [0.4, 0.5) is 0 Å². The molecule has 0 aliphatic carbocycles. The van der Waals surface area contributed by atoms with E-state index in [0.717, 1.165) is 35.5 Å². The van der Waals surface area contributed by atoms with Gasteiger partial charge in [-0.15, -0.1) is 0 Å². The van der Waals surface area contributed by atoms with Crippen LogP contribution < -0.4 is 10.5 Å². The van der Waals surface area contributed by atoms with Gasteiger partial charge >= 0.3 is 0 Å². The maximum Gasteiger partial charge on any atom is 0.254 e. The van der Waals surface area contributed by atoms with Gasteiger partial charge in [-0.3, -0.25) is 9.78 Å². The van der Waals surface area contributed by atoms with E-state index < -0.39 is 0 Å². The summed E-state index contributed by atoms with van der Waals surface area (Å²) in [6.07, 6.45) is 6.76. The van der Waals surface area contributed by atoms with Gasteiger partial charge in [-0.2, -0.15) is 0 Å². The topological polar surface area (TPSA) is 97.1 Å². The van der Waals surface area contributed by atoms with Crippen molar-refractivity contribution >= 4 is 5.91 Å². The molecule has 0 fully saturated rings. The highest BCUT2D eigenvalue weighted by molar-refractivity contribution is 5.95.